The van der Waals surface area contributed by atoms with E-state index in [0.29, 0.717) is 22.7 Å². The Hall–Kier alpha value is -3.02. The number of aryl methyl sites for hydroxylation is 1. The van der Waals surface area contributed by atoms with Gasteiger partial charge in [-0.2, -0.15) is 0 Å². The fraction of sp³-hybridized carbons (Fsp3) is 0.263. The van der Waals surface area contributed by atoms with Crippen LogP contribution >= 0.6 is 0 Å². The third-order valence-corrected chi connectivity index (χ3v) is 3.71. The lowest BCUT2D eigenvalue weighted by Gasteiger charge is -2.16. The van der Waals surface area contributed by atoms with Crippen molar-refractivity contribution < 1.29 is 9.53 Å². The number of nitrogens with zero attached hydrogens (tertiary/aromatic N) is 3. The molecule has 1 unspecified atom stereocenters. The molecule has 0 saturated carbocycles. The maximum absolute atomic E-state index is 11.7. The third kappa shape index (κ3) is 3.91. The number of anilines is 1. The molecule has 0 amide bonds. The van der Waals surface area contributed by atoms with Gasteiger partial charge in [0.05, 0.1) is 29.9 Å². The highest BCUT2D eigenvalue weighted by Crippen LogP contribution is 2.25. The Kier molecular flexibility index (Phi) is 5.64. The maximum atomic E-state index is 11.7. The number of ether oxygens (including phenoxy) is 1. The molecule has 0 aliphatic carbocycles. The number of rotatable bonds is 4. The van der Waals surface area contributed by atoms with Crippen LogP contribution in [0, 0.1) is 6.92 Å². The van der Waals surface area contributed by atoms with E-state index in [1.54, 1.807) is 18.3 Å². The second kappa shape index (κ2) is 7.70. The normalized spacial score (nSPS) is 11.5. The molecule has 0 saturated heterocycles. The number of aromatic nitrogens is 3. The Balaban J connectivity index is 0.00000225. The summed E-state index contributed by atoms with van der Waals surface area (Å²) >= 11 is 0. The highest BCUT2D eigenvalue weighted by molar-refractivity contribution is 5.97. The number of pyridine rings is 1. The Labute approximate surface area is 147 Å². The Morgan fingerprint density at radius 3 is 2.68 bits per heavy atom. The van der Waals surface area contributed by atoms with Crippen LogP contribution < -0.4 is 5.32 Å². The zero-order valence-corrected chi connectivity index (χ0v) is 13.8. The van der Waals surface area contributed by atoms with Crippen LogP contribution in [0.3, 0.4) is 0 Å². The second-order valence-electron chi connectivity index (χ2n) is 5.46. The molecule has 6 nitrogen and oxygen atoms in total. The number of nitrogens with one attached hydrogen (secondary N) is 1. The lowest BCUT2D eigenvalue weighted by atomic mass is 10.1. The molecule has 0 aliphatic rings. The van der Waals surface area contributed by atoms with Gasteiger partial charge in [0.1, 0.15) is 11.6 Å². The van der Waals surface area contributed by atoms with Crippen LogP contribution in [0.15, 0.2) is 42.6 Å². The summed E-state index contributed by atoms with van der Waals surface area (Å²) in [5.41, 5.74) is 2.08. The average molecular weight is 338 g/mol. The minimum atomic E-state index is -0.385. The first kappa shape index (κ1) is 18.3. The van der Waals surface area contributed by atoms with Gasteiger partial charge in [-0.1, -0.05) is 13.5 Å². The number of carbonyl (C=O) groups excluding carboxylic acids is 1. The first-order valence-electron chi connectivity index (χ1n) is 7.62. The predicted molar refractivity (Wildman–Crippen MR) is 98.6 cm³/mol. The van der Waals surface area contributed by atoms with Crippen molar-refractivity contribution in [1.29, 1.82) is 0 Å². The van der Waals surface area contributed by atoms with E-state index in [4.69, 9.17) is 4.74 Å². The van der Waals surface area contributed by atoms with Gasteiger partial charge in [0, 0.05) is 11.6 Å². The molecule has 0 spiro atoms. The summed E-state index contributed by atoms with van der Waals surface area (Å²) in [6, 6.07) is 11.0. The van der Waals surface area contributed by atoms with E-state index >= 15 is 0 Å². The van der Waals surface area contributed by atoms with Crippen LogP contribution in [-0.4, -0.2) is 28.0 Å². The fourth-order valence-electron chi connectivity index (χ4n) is 2.51. The number of esters is 1. The van der Waals surface area contributed by atoms with Crippen LogP contribution in [0.4, 0.5) is 5.82 Å². The number of benzene rings is 1. The largest absolute Gasteiger partial charge is 0.465 e. The standard InChI is InChI=1S/C18H18N4O2.CH4/c1-11(15-6-4-5-9-19-15)20-17-14-8-7-13(18(23)24-3)10-16(14)21-12(2)22-17;/h4-11H,1-3H3,(H,20,21,22);1H4. The van der Waals surface area contributed by atoms with Crippen LogP contribution in [0.25, 0.3) is 10.9 Å². The SMILES string of the molecule is C.COC(=O)c1ccc2c(NC(C)c3ccccn3)nc(C)nc2c1. The molecular weight excluding hydrogens is 316 g/mol. The molecule has 2 aromatic heterocycles. The van der Waals surface area contributed by atoms with Gasteiger partial charge >= 0.3 is 5.97 Å². The monoisotopic (exact) mass is 338 g/mol. The topological polar surface area (TPSA) is 77.0 Å². The number of methoxy groups -OCH3 is 1. The Morgan fingerprint density at radius 1 is 1.20 bits per heavy atom. The van der Waals surface area contributed by atoms with Crippen molar-refractivity contribution in [3.8, 4) is 0 Å². The smallest absolute Gasteiger partial charge is 0.337 e. The van der Waals surface area contributed by atoms with Gasteiger partial charge in [0.15, 0.2) is 0 Å². The van der Waals surface area contributed by atoms with Crippen molar-refractivity contribution in [2.45, 2.75) is 27.3 Å². The molecule has 3 aromatic rings. The second-order valence-corrected chi connectivity index (χ2v) is 5.46. The lowest BCUT2D eigenvalue weighted by Crippen LogP contribution is -2.11. The number of hydrogen-bond acceptors (Lipinski definition) is 6. The molecule has 6 heteroatoms. The molecule has 1 atom stereocenters. The summed E-state index contributed by atoms with van der Waals surface area (Å²) < 4.78 is 4.76. The summed E-state index contributed by atoms with van der Waals surface area (Å²) in [7, 11) is 1.36. The van der Waals surface area contributed by atoms with Crippen molar-refractivity contribution in [3.63, 3.8) is 0 Å². The van der Waals surface area contributed by atoms with Crippen LogP contribution in [0.1, 0.15) is 42.3 Å². The van der Waals surface area contributed by atoms with Gasteiger partial charge in [-0.3, -0.25) is 4.98 Å². The first-order valence-corrected chi connectivity index (χ1v) is 7.62. The van der Waals surface area contributed by atoms with Crippen LogP contribution in [0.2, 0.25) is 0 Å². The van der Waals surface area contributed by atoms with Crippen LogP contribution in [0.5, 0.6) is 0 Å². The molecule has 25 heavy (non-hydrogen) atoms. The molecule has 3 rings (SSSR count). The van der Waals surface area contributed by atoms with Crippen molar-refractivity contribution >= 4 is 22.7 Å². The van der Waals surface area contributed by atoms with Gasteiger partial charge < -0.3 is 10.1 Å². The number of fused-ring (bicyclic) bond motifs is 1. The van der Waals surface area contributed by atoms with Gasteiger partial charge in [-0.05, 0) is 44.2 Å². The van der Waals surface area contributed by atoms with E-state index in [2.05, 4.69) is 20.3 Å². The molecule has 2 heterocycles. The van der Waals surface area contributed by atoms with Gasteiger partial charge in [0.25, 0.3) is 0 Å². The zero-order valence-electron chi connectivity index (χ0n) is 13.8. The first-order chi connectivity index (χ1) is 11.6. The number of carbonyl (C=O) groups is 1. The summed E-state index contributed by atoms with van der Waals surface area (Å²) in [6.07, 6.45) is 1.76. The molecule has 0 aliphatic heterocycles. The summed E-state index contributed by atoms with van der Waals surface area (Å²) in [4.78, 5) is 25.0. The lowest BCUT2D eigenvalue weighted by molar-refractivity contribution is 0.0601. The average Bonchev–Trinajstić information content (AvgIpc) is 2.61. The molecule has 0 bridgehead atoms. The molecule has 1 N–H and O–H groups in total. The summed E-state index contributed by atoms with van der Waals surface area (Å²) in [5, 5.41) is 4.22. The fourth-order valence-corrected chi connectivity index (χ4v) is 2.51. The van der Waals surface area contributed by atoms with E-state index in [9.17, 15) is 4.79 Å². The van der Waals surface area contributed by atoms with E-state index in [1.807, 2.05) is 38.1 Å². The van der Waals surface area contributed by atoms with Gasteiger partial charge in [0.2, 0.25) is 0 Å². The van der Waals surface area contributed by atoms with Gasteiger partial charge in [-0.15, -0.1) is 0 Å². The zero-order chi connectivity index (χ0) is 17.1. The molecule has 0 fully saturated rings. The van der Waals surface area contributed by atoms with E-state index in [0.717, 1.165) is 11.1 Å². The number of hydrogen-bond donors (Lipinski definition) is 1. The Morgan fingerprint density at radius 2 is 2.00 bits per heavy atom. The highest BCUT2D eigenvalue weighted by atomic mass is 16.5. The van der Waals surface area contributed by atoms with E-state index < -0.39 is 0 Å². The minimum absolute atomic E-state index is 0. The molecule has 0 radical (unpaired) electrons. The van der Waals surface area contributed by atoms with Crippen LogP contribution in [-0.2, 0) is 4.74 Å². The predicted octanol–water partition coefficient (Wildman–Crippen LogP) is 3.93. The molecular formula is C19H22N4O2. The van der Waals surface area contributed by atoms with E-state index in [1.165, 1.54) is 7.11 Å². The highest BCUT2D eigenvalue weighted by Gasteiger charge is 2.13. The molecule has 1 aromatic carbocycles. The van der Waals surface area contributed by atoms with Crippen molar-refractivity contribution in [2.24, 2.45) is 0 Å². The Bertz CT molecular complexity index is 881. The third-order valence-electron chi connectivity index (χ3n) is 3.71. The summed E-state index contributed by atoms with van der Waals surface area (Å²) in [6.45, 7) is 3.84. The van der Waals surface area contributed by atoms with Crippen molar-refractivity contribution in [3.05, 3.63) is 59.7 Å². The summed E-state index contributed by atoms with van der Waals surface area (Å²) in [5.74, 6) is 0.955. The minimum Gasteiger partial charge on any atom is -0.465 e. The quantitative estimate of drug-likeness (QED) is 0.726. The van der Waals surface area contributed by atoms with Crippen molar-refractivity contribution in [1.82, 2.24) is 15.0 Å². The van der Waals surface area contributed by atoms with Gasteiger partial charge in [-0.25, -0.2) is 14.8 Å². The molecule has 130 valence electrons. The maximum Gasteiger partial charge on any atom is 0.337 e. The van der Waals surface area contributed by atoms with E-state index in [-0.39, 0.29) is 19.4 Å². The van der Waals surface area contributed by atoms with Crippen molar-refractivity contribution in [2.75, 3.05) is 12.4 Å².